The first-order valence-electron chi connectivity index (χ1n) is 6.86. The van der Waals surface area contributed by atoms with E-state index in [1.807, 2.05) is 56.3 Å². The van der Waals surface area contributed by atoms with E-state index >= 15 is 0 Å². The molecule has 1 aromatic heterocycles. The molecule has 2 N–H and O–H groups in total. The van der Waals surface area contributed by atoms with Gasteiger partial charge in [-0.2, -0.15) is 0 Å². The van der Waals surface area contributed by atoms with E-state index in [0.29, 0.717) is 11.8 Å². The van der Waals surface area contributed by atoms with Crippen LogP contribution in [0.4, 0.5) is 0 Å². The molecule has 1 unspecified atom stereocenters. The van der Waals surface area contributed by atoms with Crippen molar-refractivity contribution in [2.45, 2.75) is 19.9 Å². The molecule has 0 bridgehead atoms. The van der Waals surface area contributed by atoms with Gasteiger partial charge >= 0.3 is 0 Å². The predicted molar refractivity (Wildman–Crippen MR) is 81.7 cm³/mol. The van der Waals surface area contributed by atoms with Gasteiger partial charge in [-0.15, -0.1) is 10.2 Å². The van der Waals surface area contributed by atoms with Crippen molar-refractivity contribution in [2.24, 2.45) is 5.73 Å². The number of nitrogens with zero attached hydrogens (tertiary/aromatic N) is 2. The van der Waals surface area contributed by atoms with Crippen LogP contribution in [0.2, 0.25) is 0 Å². The molecule has 1 atom stereocenters. The van der Waals surface area contributed by atoms with Crippen LogP contribution in [-0.2, 0) is 0 Å². The maximum absolute atomic E-state index is 6.17. The number of hydrogen-bond acceptors (Lipinski definition) is 4. The van der Waals surface area contributed by atoms with E-state index in [2.05, 4.69) is 16.3 Å². The fraction of sp³-hybridized carbons (Fsp3) is 0.176. The largest absolute Gasteiger partial charge is 0.419 e. The highest BCUT2D eigenvalue weighted by molar-refractivity contribution is 5.55. The lowest BCUT2D eigenvalue weighted by Gasteiger charge is -2.06. The lowest BCUT2D eigenvalue weighted by molar-refractivity contribution is 0.484. The Balaban J connectivity index is 1.93. The molecule has 4 heteroatoms. The van der Waals surface area contributed by atoms with E-state index in [-0.39, 0.29) is 0 Å². The monoisotopic (exact) mass is 279 g/mol. The van der Waals surface area contributed by atoms with Crippen molar-refractivity contribution in [1.29, 1.82) is 0 Å². The van der Waals surface area contributed by atoms with Crippen LogP contribution < -0.4 is 5.73 Å². The molecular formula is C17H17N3O. The third kappa shape index (κ3) is 2.85. The standard InChI is InChI=1S/C17H17N3O/c1-11-8-12(2)10-14(9-11)16-19-20-17(21-16)15(18)13-6-4-3-5-7-13/h3-10,15H,18H2,1-2H3. The normalized spacial score (nSPS) is 12.3. The summed E-state index contributed by atoms with van der Waals surface area (Å²) in [5.41, 5.74) is 10.4. The first-order chi connectivity index (χ1) is 10.1. The highest BCUT2D eigenvalue weighted by Crippen LogP contribution is 2.24. The molecule has 3 rings (SSSR count). The van der Waals surface area contributed by atoms with E-state index in [0.717, 1.165) is 22.3 Å². The summed E-state index contributed by atoms with van der Waals surface area (Å²) < 4.78 is 5.75. The van der Waals surface area contributed by atoms with Crippen LogP contribution in [0.5, 0.6) is 0 Å². The van der Waals surface area contributed by atoms with E-state index in [4.69, 9.17) is 10.2 Å². The van der Waals surface area contributed by atoms with E-state index in [9.17, 15) is 0 Å². The Morgan fingerprint density at radius 2 is 1.62 bits per heavy atom. The summed E-state index contributed by atoms with van der Waals surface area (Å²) >= 11 is 0. The van der Waals surface area contributed by atoms with Crippen LogP contribution in [0.3, 0.4) is 0 Å². The Labute approximate surface area is 123 Å². The minimum absolute atomic E-state index is 0.404. The molecule has 2 aromatic carbocycles. The minimum Gasteiger partial charge on any atom is -0.419 e. The Kier molecular flexibility index (Phi) is 3.54. The van der Waals surface area contributed by atoms with Gasteiger partial charge in [0.2, 0.25) is 11.8 Å². The summed E-state index contributed by atoms with van der Waals surface area (Å²) in [6, 6.07) is 15.5. The molecule has 0 aliphatic heterocycles. The number of rotatable bonds is 3. The fourth-order valence-corrected chi connectivity index (χ4v) is 2.38. The van der Waals surface area contributed by atoms with Gasteiger partial charge in [0.25, 0.3) is 0 Å². The highest BCUT2D eigenvalue weighted by Gasteiger charge is 2.17. The van der Waals surface area contributed by atoms with Gasteiger partial charge in [0.15, 0.2) is 0 Å². The molecule has 1 heterocycles. The summed E-state index contributed by atoms with van der Waals surface area (Å²) in [6.07, 6.45) is 0. The van der Waals surface area contributed by atoms with Crippen LogP contribution in [0.15, 0.2) is 52.9 Å². The molecule has 3 aromatic rings. The molecule has 0 spiro atoms. The maximum atomic E-state index is 6.17. The zero-order valence-corrected chi connectivity index (χ0v) is 12.1. The summed E-state index contributed by atoms with van der Waals surface area (Å²) in [4.78, 5) is 0. The summed E-state index contributed by atoms with van der Waals surface area (Å²) in [5.74, 6) is 0.929. The number of nitrogens with two attached hydrogens (primary N) is 1. The molecule has 0 saturated carbocycles. The molecule has 0 fully saturated rings. The fourth-order valence-electron chi connectivity index (χ4n) is 2.38. The second kappa shape index (κ2) is 5.50. The SMILES string of the molecule is Cc1cc(C)cc(-c2nnc(C(N)c3ccccc3)o2)c1. The third-order valence-electron chi connectivity index (χ3n) is 3.33. The Morgan fingerprint density at radius 1 is 0.952 bits per heavy atom. The third-order valence-corrected chi connectivity index (χ3v) is 3.33. The van der Waals surface area contributed by atoms with Gasteiger partial charge in [-0.1, -0.05) is 47.5 Å². The maximum Gasteiger partial charge on any atom is 0.247 e. The predicted octanol–water partition coefficient (Wildman–Crippen LogP) is 3.40. The van der Waals surface area contributed by atoms with Crippen molar-refractivity contribution in [2.75, 3.05) is 0 Å². The number of aryl methyl sites for hydroxylation is 2. The van der Waals surface area contributed by atoms with Crippen molar-refractivity contribution in [3.8, 4) is 11.5 Å². The van der Waals surface area contributed by atoms with Crippen LogP contribution in [0.1, 0.15) is 28.6 Å². The zero-order chi connectivity index (χ0) is 14.8. The van der Waals surface area contributed by atoms with Gasteiger partial charge in [0.05, 0.1) is 0 Å². The van der Waals surface area contributed by atoms with Crippen molar-refractivity contribution in [3.63, 3.8) is 0 Å². The van der Waals surface area contributed by atoms with Gasteiger partial charge in [-0.3, -0.25) is 0 Å². The first-order valence-corrected chi connectivity index (χ1v) is 6.86. The molecule has 0 aliphatic rings. The van der Waals surface area contributed by atoms with Crippen LogP contribution in [-0.4, -0.2) is 10.2 Å². The second-order valence-electron chi connectivity index (χ2n) is 5.21. The van der Waals surface area contributed by atoms with Gasteiger partial charge in [-0.25, -0.2) is 0 Å². The number of benzene rings is 2. The second-order valence-corrected chi connectivity index (χ2v) is 5.21. The van der Waals surface area contributed by atoms with Gasteiger partial charge in [0, 0.05) is 5.56 Å². The van der Waals surface area contributed by atoms with E-state index in [1.165, 1.54) is 0 Å². The average Bonchev–Trinajstić information content (AvgIpc) is 2.96. The van der Waals surface area contributed by atoms with Crippen LogP contribution in [0, 0.1) is 13.8 Å². The molecule has 0 saturated heterocycles. The van der Waals surface area contributed by atoms with E-state index < -0.39 is 6.04 Å². The van der Waals surface area contributed by atoms with Gasteiger partial charge in [-0.05, 0) is 31.5 Å². The smallest absolute Gasteiger partial charge is 0.247 e. The summed E-state index contributed by atoms with van der Waals surface area (Å²) in [5, 5.41) is 8.21. The average molecular weight is 279 g/mol. The molecule has 4 nitrogen and oxygen atoms in total. The zero-order valence-electron chi connectivity index (χ0n) is 12.1. The molecule has 0 amide bonds. The number of aromatic nitrogens is 2. The lowest BCUT2D eigenvalue weighted by atomic mass is 10.1. The van der Waals surface area contributed by atoms with Crippen LogP contribution in [0.25, 0.3) is 11.5 Å². The van der Waals surface area contributed by atoms with Crippen molar-refractivity contribution in [1.82, 2.24) is 10.2 Å². The van der Waals surface area contributed by atoms with Gasteiger partial charge < -0.3 is 10.2 Å². The quantitative estimate of drug-likeness (QED) is 0.798. The van der Waals surface area contributed by atoms with Crippen molar-refractivity contribution >= 4 is 0 Å². The van der Waals surface area contributed by atoms with Crippen molar-refractivity contribution in [3.05, 3.63) is 71.1 Å². The number of hydrogen-bond donors (Lipinski definition) is 1. The van der Waals surface area contributed by atoms with Gasteiger partial charge in [0.1, 0.15) is 6.04 Å². The Bertz CT molecular complexity index is 729. The molecule has 21 heavy (non-hydrogen) atoms. The van der Waals surface area contributed by atoms with E-state index in [1.54, 1.807) is 0 Å². The minimum atomic E-state index is -0.404. The molecule has 106 valence electrons. The Morgan fingerprint density at radius 3 is 2.29 bits per heavy atom. The lowest BCUT2D eigenvalue weighted by Crippen LogP contribution is -2.11. The van der Waals surface area contributed by atoms with Crippen molar-refractivity contribution < 1.29 is 4.42 Å². The molecule has 0 radical (unpaired) electrons. The summed E-state index contributed by atoms with van der Waals surface area (Å²) in [6.45, 7) is 4.09. The first kappa shape index (κ1) is 13.5. The Hall–Kier alpha value is -2.46. The van der Waals surface area contributed by atoms with Crippen LogP contribution >= 0.6 is 0 Å². The molecular weight excluding hydrogens is 262 g/mol. The highest BCUT2D eigenvalue weighted by atomic mass is 16.4. The summed E-state index contributed by atoms with van der Waals surface area (Å²) in [7, 11) is 0. The topological polar surface area (TPSA) is 64.9 Å². The molecule has 0 aliphatic carbocycles.